The number of aryl methyl sites for hydroxylation is 1. The van der Waals surface area contributed by atoms with Gasteiger partial charge in [-0.25, -0.2) is 0 Å². The van der Waals surface area contributed by atoms with Gasteiger partial charge in [-0.3, -0.25) is 14.5 Å². The van der Waals surface area contributed by atoms with E-state index < -0.39 is 6.04 Å². The van der Waals surface area contributed by atoms with E-state index in [1.54, 1.807) is 4.90 Å². The quantitative estimate of drug-likeness (QED) is 0.592. The van der Waals surface area contributed by atoms with Crippen molar-refractivity contribution in [2.75, 3.05) is 44.2 Å². The molecule has 0 saturated carbocycles. The van der Waals surface area contributed by atoms with Gasteiger partial charge in [-0.15, -0.1) is 0 Å². The van der Waals surface area contributed by atoms with Gasteiger partial charge in [-0.2, -0.15) is 0 Å². The largest absolute Gasteiger partial charge is 0.369 e. The zero-order valence-corrected chi connectivity index (χ0v) is 21.5. The zero-order chi connectivity index (χ0) is 24.8. The third-order valence-corrected chi connectivity index (χ3v) is 7.14. The summed E-state index contributed by atoms with van der Waals surface area (Å²) in [5.41, 5.74) is 4.93. The van der Waals surface area contributed by atoms with Crippen molar-refractivity contribution in [1.82, 2.24) is 15.1 Å². The number of nitrogens with one attached hydrogen (secondary N) is 1. The number of benzene rings is 2. The summed E-state index contributed by atoms with van der Waals surface area (Å²) < 4.78 is 0. The first-order valence-electron chi connectivity index (χ1n) is 13.1. The Hall–Kier alpha value is -2.86. The Morgan fingerprint density at radius 2 is 1.74 bits per heavy atom. The van der Waals surface area contributed by atoms with Gasteiger partial charge < -0.3 is 15.1 Å². The number of anilines is 1. The van der Waals surface area contributed by atoms with E-state index in [1.807, 2.05) is 26.0 Å². The molecule has 188 valence electrons. The second-order valence-corrected chi connectivity index (χ2v) is 10.4. The molecule has 2 aromatic rings. The van der Waals surface area contributed by atoms with Gasteiger partial charge in [0.25, 0.3) is 0 Å². The monoisotopic (exact) mass is 476 g/mol. The molecule has 2 aliphatic rings. The lowest BCUT2D eigenvalue weighted by Crippen LogP contribution is -2.53. The van der Waals surface area contributed by atoms with Crippen molar-refractivity contribution in [2.24, 2.45) is 5.92 Å². The molecule has 2 heterocycles. The van der Waals surface area contributed by atoms with Crippen LogP contribution >= 0.6 is 0 Å². The van der Waals surface area contributed by atoms with Crippen molar-refractivity contribution in [1.29, 1.82) is 0 Å². The van der Waals surface area contributed by atoms with Crippen LogP contribution in [0.5, 0.6) is 0 Å². The summed E-state index contributed by atoms with van der Waals surface area (Å²) >= 11 is 0. The Bertz CT molecular complexity index is 1010. The van der Waals surface area contributed by atoms with Gasteiger partial charge >= 0.3 is 0 Å². The Morgan fingerprint density at radius 3 is 2.46 bits per heavy atom. The van der Waals surface area contributed by atoms with Crippen molar-refractivity contribution < 1.29 is 9.59 Å². The maximum Gasteiger partial charge on any atom is 0.243 e. The minimum atomic E-state index is -0.422. The van der Waals surface area contributed by atoms with Crippen molar-refractivity contribution >= 4 is 17.5 Å². The van der Waals surface area contributed by atoms with Crippen LogP contribution in [0.2, 0.25) is 0 Å². The van der Waals surface area contributed by atoms with Crippen LogP contribution in [-0.4, -0.2) is 66.9 Å². The van der Waals surface area contributed by atoms with Crippen LogP contribution in [0.3, 0.4) is 0 Å². The van der Waals surface area contributed by atoms with Crippen molar-refractivity contribution in [3.63, 3.8) is 0 Å². The highest BCUT2D eigenvalue weighted by Gasteiger charge is 2.34. The molecule has 6 heteroatoms. The molecule has 2 aliphatic heterocycles. The molecule has 1 N–H and O–H groups in total. The van der Waals surface area contributed by atoms with E-state index in [-0.39, 0.29) is 17.7 Å². The average molecular weight is 477 g/mol. The number of amides is 2. The molecule has 0 aromatic heterocycles. The molecule has 1 fully saturated rings. The molecule has 1 saturated heterocycles. The molecule has 0 aliphatic carbocycles. The van der Waals surface area contributed by atoms with Crippen molar-refractivity contribution in [3.05, 3.63) is 65.2 Å². The van der Waals surface area contributed by atoms with E-state index in [4.69, 9.17) is 0 Å². The molecular weight excluding hydrogens is 436 g/mol. The number of hydrogen-bond acceptors (Lipinski definition) is 4. The standard InChI is InChI=1S/C29H40N4O2/c1-22(2)18-28(34)33-21-25-10-5-4-9-24(25)20-27(33)29(35)30-12-7-13-31-14-16-32(17-15-31)26-11-6-8-23(3)19-26/h4-6,8-11,19,22,27H,7,12-18,20-21H2,1-3H3,(H,30,35). The van der Waals surface area contributed by atoms with Crippen LogP contribution in [0.15, 0.2) is 48.5 Å². The molecular formula is C29H40N4O2. The lowest BCUT2D eigenvalue weighted by molar-refractivity contribution is -0.142. The van der Waals surface area contributed by atoms with E-state index in [2.05, 4.69) is 58.4 Å². The summed E-state index contributed by atoms with van der Waals surface area (Å²) in [6.45, 7) is 12.5. The summed E-state index contributed by atoms with van der Waals surface area (Å²) in [5.74, 6) is 0.316. The van der Waals surface area contributed by atoms with Crippen molar-refractivity contribution in [2.45, 2.75) is 52.6 Å². The van der Waals surface area contributed by atoms with Gasteiger partial charge in [-0.05, 0) is 54.6 Å². The fourth-order valence-electron chi connectivity index (χ4n) is 5.17. The minimum absolute atomic E-state index is 0.0270. The van der Waals surface area contributed by atoms with Gasteiger partial charge in [0.1, 0.15) is 6.04 Å². The summed E-state index contributed by atoms with van der Waals surface area (Å²) in [6, 6.07) is 16.5. The molecule has 0 spiro atoms. The third-order valence-electron chi connectivity index (χ3n) is 7.14. The Balaban J connectivity index is 1.25. The van der Waals surface area contributed by atoms with Crippen LogP contribution in [-0.2, 0) is 22.6 Å². The van der Waals surface area contributed by atoms with Gasteiger partial charge in [0, 0.05) is 57.8 Å². The number of nitrogens with zero attached hydrogens (tertiary/aromatic N) is 3. The molecule has 0 bridgehead atoms. The smallest absolute Gasteiger partial charge is 0.243 e. The normalized spacial score (nSPS) is 18.5. The lowest BCUT2D eigenvalue weighted by Gasteiger charge is -2.37. The van der Waals surface area contributed by atoms with Gasteiger partial charge in [-0.1, -0.05) is 50.2 Å². The maximum atomic E-state index is 13.2. The summed E-state index contributed by atoms with van der Waals surface area (Å²) in [6.07, 6.45) is 1.98. The average Bonchev–Trinajstić information content (AvgIpc) is 2.85. The molecule has 1 atom stereocenters. The lowest BCUT2D eigenvalue weighted by atomic mass is 9.92. The topological polar surface area (TPSA) is 55.9 Å². The highest BCUT2D eigenvalue weighted by Crippen LogP contribution is 2.25. The third kappa shape index (κ3) is 6.63. The number of piperazine rings is 1. The van der Waals surface area contributed by atoms with E-state index in [1.165, 1.54) is 16.8 Å². The van der Waals surface area contributed by atoms with E-state index >= 15 is 0 Å². The SMILES string of the molecule is Cc1cccc(N2CCN(CCCNC(=O)C3Cc4ccccc4CN3C(=O)CC(C)C)CC2)c1. The van der Waals surface area contributed by atoms with E-state index in [9.17, 15) is 9.59 Å². The Labute approximate surface area is 210 Å². The fraction of sp³-hybridized carbons (Fsp3) is 0.517. The predicted molar refractivity (Wildman–Crippen MR) is 141 cm³/mol. The first kappa shape index (κ1) is 25.2. The van der Waals surface area contributed by atoms with E-state index in [0.717, 1.165) is 44.7 Å². The summed E-state index contributed by atoms with van der Waals surface area (Å²) in [7, 11) is 0. The van der Waals surface area contributed by atoms with Gasteiger partial charge in [0.05, 0.1) is 0 Å². The molecule has 6 nitrogen and oxygen atoms in total. The second-order valence-electron chi connectivity index (χ2n) is 10.4. The molecule has 0 radical (unpaired) electrons. The van der Waals surface area contributed by atoms with Crippen LogP contribution in [0.1, 0.15) is 43.4 Å². The second kappa shape index (κ2) is 11.7. The molecule has 2 amide bonds. The fourth-order valence-corrected chi connectivity index (χ4v) is 5.17. The number of carbonyl (C=O) groups excluding carboxylic acids is 2. The summed E-state index contributed by atoms with van der Waals surface area (Å²) in [4.78, 5) is 32.8. The van der Waals surface area contributed by atoms with E-state index in [0.29, 0.717) is 25.9 Å². The van der Waals surface area contributed by atoms with Crippen LogP contribution in [0, 0.1) is 12.8 Å². The molecule has 2 aromatic carbocycles. The number of rotatable bonds is 8. The van der Waals surface area contributed by atoms with Gasteiger partial charge in [0.2, 0.25) is 11.8 Å². The first-order chi connectivity index (χ1) is 16.9. The van der Waals surface area contributed by atoms with Crippen LogP contribution < -0.4 is 10.2 Å². The van der Waals surface area contributed by atoms with Crippen molar-refractivity contribution in [3.8, 4) is 0 Å². The first-order valence-corrected chi connectivity index (χ1v) is 13.1. The zero-order valence-electron chi connectivity index (χ0n) is 21.5. The number of hydrogen-bond donors (Lipinski definition) is 1. The summed E-state index contributed by atoms with van der Waals surface area (Å²) in [5, 5.41) is 3.13. The Kier molecular flexibility index (Phi) is 8.45. The maximum absolute atomic E-state index is 13.2. The van der Waals surface area contributed by atoms with Crippen LogP contribution in [0.4, 0.5) is 5.69 Å². The highest BCUT2D eigenvalue weighted by molar-refractivity contribution is 5.88. The van der Waals surface area contributed by atoms with Gasteiger partial charge in [0.15, 0.2) is 0 Å². The van der Waals surface area contributed by atoms with Crippen LogP contribution in [0.25, 0.3) is 0 Å². The minimum Gasteiger partial charge on any atom is -0.369 e. The predicted octanol–water partition coefficient (Wildman–Crippen LogP) is 3.62. The Morgan fingerprint density at radius 1 is 1.00 bits per heavy atom. The number of carbonyl (C=O) groups is 2. The molecule has 35 heavy (non-hydrogen) atoms. The molecule has 4 rings (SSSR count). The molecule has 1 unspecified atom stereocenters. The highest BCUT2D eigenvalue weighted by atomic mass is 16.2. The number of fused-ring (bicyclic) bond motifs is 1.